The van der Waals surface area contributed by atoms with Crippen LogP contribution in [-0.4, -0.2) is 16.5 Å². The van der Waals surface area contributed by atoms with Crippen LogP contribution in [0.3, 0.4) is 0 Å². The van der Waals surface area contributed by atoms with E-state index in [9.17, 15) is 0 Å². The second-order valence-corrected chi connectivity index (χ2v) is 17.9. The number of rotatable bonds is 2. The van der Waals surface area contributed by atoms with Gasteiger partial charge in [0.25, 0.3) is 0 Å². The molecule has 2 aromatic rings. The van der Waals surface area contributed by atoms with E-state index in [-0.39, 0.29) is 0 Å². The lowest BCUT2D eigenvalue weighted by Crippen LogP contribution is -2.55. The highest BCUT2D eigenvalue weighted by molar-refractivity contribution is 9.10. The third kappa shape index (κ3) is 6.84. The molecule has 0 unspecified atom stereocenters. The molecule has 0 fully saturated rings. The SMILES string of the molecule is Brc1cccc2ccccc12.C[Si](C)(C)N[Si](C)(C)C. The Kier molecular flexibility index (Phi) is 6.19. The van der Waals surface area contributed by atoms with Crippen LogP contribution in [0.2, 0.25) is 39.3 Å². The fourth-order valence-electron chi connectivity index (χ4n) is 2.31. The highest BCUT2D eigenvalue weighted by atomic mass is 79.9. The molecule has 0 saturated heterocycles. The van der Waals surface area contributed by atoms with Crippen molar-refractivity contribution in [2.75, 3.05) is 0 Å². The summed E-state index contributed by atoms with van der Waals surface area (Å²) in [4.78, 5) is 0. The molecule has 2 rings (SSSR count). The van der Waals surface area contributed by atoms with E-state index in [1.807, 2.05) is 12.1 Å². The number of hydrogen-bond acceptors (Lipinski definition) is 1. The molecule has 0 aliphatic heterocycles. The molecule has 0 aliphatic rings. The smallest absolute Gasteiger partial charge is 0.109 e. The van der Waals surface area contributed by atoms with E-state index in [0.29, 0.717) is 0 Å². The van der Waals surface area contributed by atoms with Crippen LogP contribution in [0, 0.1) is 0 Å². The van der Waals surface area contributed by atoms with Crippen LogP contribution in [-0.2, 0) is 0 Å². The number of fused-ring (bicyclic) bond motifs is 1. The van der Waals surface area contributed by atoms with Crippen molar-refractivity contribution < 1.29 is 0 Å². The average molecular weight is 368 g/mol. The van der Waals surface area contributed by atoms with Gasteiger partial charge in [-0.2, -0.15) is 0 Å². The highest BCUT2D eigenvalue weighted by Crippen LogP contribution is 2.22. The minimum absolute atomic E-state index is 0.981. The average Bonchev–Trinajstić information content (AvgIpc) is 2.25. The summed E-state index contributed by atoms with van der Waals surface area (Å²) in [5.41, 5.74) is 0. The summed E-state index contributed by atoms with van der Waals surface area (Å²) in [6.07, 6.45) is 0. The van der Waals surface area contributed by atoms with E-state index in [4.69, 9.17) is 0 Å². The fraction of sp³-hybridized carbons (Fsp3) is 0.375. The van der Waals surface area contributed by atoms with Crippen molar-refractivity contribution in [1.29, 1.82) is 0 Å². The molecular formula is C16H26BrNSi2. The van der Waals surface area contributed by atoms with Gasteiger partial charge in [0.05, 0.1) is 0 Å². The Morgan fingerprint density at radius 1 is 0.750 bits per heavy atom. The minimum Gasteiger partial charge on any atom is -0.360 e. The summed E-state index contributed by atoms with van der Waals surface area (Å²) in [6.45, 7) is 14.1. The zero-order chi connectivity index (χ0) is 15.4. The Labute approximate surface area is 134 Å². The van der Waals surface area contributed by atoms with Crippen LogP contribution in [0.5, 0.6) is 0 Å². The van der Waals surface area contributed by atoms with Crippen molar-refractivity contribution in [3.63, 3.8) is 0 Å². The van der Waals surface area contributed by atoms with E-state index in [1.165, 1.54) is 10.8 Å². The Morgan fingerprint density at radius 3 is 1.70 bits per heavy atom. The van der Waals surface area contributed by atoms with Gasteiger partial charge in [-0.3, -0.25) is 0 Å². The monoisotopic (exact) mass is 367 g/mol. The standard InChI is InChI=1S/C10H7Br.C6H19NSi2/c11-10-7-3-5-8-4-1-2-6-9(8)10;1-8(2,3)7-9(4,5)6/h1-7H;7H,1-6H3. The lowest BCUT2D eigenvalue weighted by molar-refractivity contribution is 1.30. The molecule has 1 N–H and O–H groups in total. The topological polar surface area (TPSA) is 12.0 Å². The van der Waals surface area contributed by atoms with Gasteiger partial charge in [-0.1, -0.05) is 91.6 Å². The second-order valence-electron chi connectivity index (χ2n) is 7.09. The molecule has 0 atom stereocenters. The Hall–Kier alpha value is -0.426. The van der Waals surface area contributed by atoms with Crippen molar-refractivity contribution in [3.05, 3.63) is 46.9 Å². The normalized spacial score (nSPS) is 11.9. The van der Waals surface area contributed by atoms with E-state index >= 15 is 0 Å². The van der Waals surface area contributed by atoms with Crippen LogP contribution in [0.4, 0.5) is 0 Å². The first kappa shape index (κ1) is 17.6. The Morgan fingerprint density at radius 2 is 1.25 bits per heavy atom. The first-order valence-corrected chi connectivity index (χ1v) is 14.8. The van der Waals surface area contributed by atoms with E-state index < -0.39 is 16.5 Å². The molecule has 110 valence electrons. The van der Waals surface area contributed by atoms with Crippen LogP contribution < -0.4 is 4.65 Å². The van der Waals surface area contributed by atoms with Gasteiger partial charge in [-0.15, -0.1) is 0 Å². The molecule has 0 bridgehead atoms. The summed E-state index contributed by atoms with van der Waals surface area (Å²) >= 11 is 3.50. The second kappa shape index (κ2) is 7.03. The Bertz CT molecular complexity index is 539. The number of benzene rings is 2. The van der Waals surface area contributed by atoms with Gasteiger partial charge in [0.15, 0.2) is 0 Å². The molecular weight excluding hydrogens is 342 g/mol. The third-order valence-corrected chi connectivity index (χ3v) is 9.18. The van der Waals surface area contributed by atoms with Gasteiger partial charge in [-0.05, 0) is 16.8 Å². The first-order chi connectivity index (χ1) is 9.08. The fourth-order valence-corrected chi connectivity index (χ4v) is 11.8. The summed E-state index contributed by atoms with van der Waals surface area (Å²) in [6, 6.07) is 14.5. The summed E-state index contributed by atoms with van der Waals surface area (Å²) < 4.78 is 4.90. The Balaban J connectivity index is 0.000000206. The molecule has 0 aliphatic carbocycles. The molecule has 0 radical (unpaired) electrons. The van der Waals surface area contributed by atoms with Crippen molar-refractivity contribution in [2.24, 2.45) is 0 Å². The van der Waals surface area contributed by atoms with Crippen LogP contribution in [0.25, 0.3) is 10.8 Å². The van der Waals surface area contributed by atoms with Crippen LogP contribution in [0.1, 0.15) is 0 Å². The number of hydrogen-bond donors (Lipinski definition) is 1. The van der Waals surface area contributed by atoms with E-state index in [2.05, 4.69) is 90.2 Å². The van der Waals surface area contributed by atoms with Gasteiger partial charge >= 0.3 is 0 Å². The zero-order valence-corrected chi connectivity index (χ0v) is 17.0. The van der Waals surface area contributed by atoms with Gasteiger partial charge in [0.1, 0.15) is 16.5 Å². The van der Waals surface area contributed by atoms with Gasteiger partial charge in [-0.25, -0.2) is 0 Å². The van der Waals surface area contributed by atoms with Crippen molar-refractivity contribution in [2.45, 2.75) is 39.3 Å². The lowest BCUT2D eigenvalue weighted by atomic mass is 10.1. The summed E-state index contributed by atoms with van der Waals surface area (Å²) in [7, 11) is -1.96. The molecule has 0 aromatic heterocycles. The number of halogens is 1. The molecule has 20 heavy (non-hydrogen) atoms. The van der Waals surface area contributed by atoms with Crippen molar-refractivity contribution >= 4 is 43.2 Å². The molecule has 1 nitrogen and oxygen atoms in total. The van der Waals surface area contributed by atoms with Crippen LogP contribution >= 0.6 is 15.9 Å². The molecule has 4 heteroatoms. The minimum atomic E-state index is -0.981. The largest absolute Gasteiger partial charge is 0.360 e. The predicted molar refractivity (Wildman–Crippen MR) is 101 cm³/mol. The summed E-state index contributed by atoms with van der Waals surface area (Å²) in [5.74, 6) is 0. The zero-order valence-electron chi connectivity index (χ0n) is 13.4. The van der Waals surface area contributed by atoms with Crippen molar-refractivity contribution in [1.82, 2.24) is 4.65 Å². The van der Waals surface area contributed by atoms with Crippen LogP contribution in [0.15, 0.2) is 46.9 Å². The molecule has 0 spiro atoms. The maximum Gasteiger partial charge on any atom is 0.109 e. The maximum atomic E-state index is 3.74. The van der Waals surface area contributed by atoms with Gasteiger partial charge in [0.2, 0.25) is 0 Å². The first-order valence-electron chi connectivity index (χ1n) is 7.01. The lowest BCUT2D eigenvalue weighted by Gasteiger charge is -2.28. The number of nitrogens with one attached hydrogen (secondary N) is 1. The van der Waals surface area contributed by atoms with Gasteiger partial charge < -0.3 is 4.65 Å². The molecule has 2 aromatic carbocycles. The highest BCUT2D eigenvalue weighted by Gasteiger charge is 2.22. The molecule has 0 amide bonds. The van der Waals surface area contributed by atoms with E-state index in [0.717, 1.165) is 4.47 Å². The van der Waals surface area contributed by atoms with Gasteiger partial charge in [0, 0.05) is 4.47 Å². The maximum absolute atomic E-state index is 3.74. The predicted octanol–water partition coefficient (Wildman–Crippen LogP) is 5.85. The molecule has 0 heterocycles. The third-order valence-electron chi connectivity index (χ3n) is 2.49. The molecule has 0 saturated carbocycles. The quantitative estimate of drug-likeness (QED) is 0.656. The van der Waals surface area contributed by atoms with Crippen molar-refractivity contribution in [3.8, 4) is 0 Å². The summed E-state index contributed by atoms with van der Waals surface area (Å²) in [5, 5.41) is 2.55. The van der Waals surface area contributed by atoms with E-state index in [1.54, 1.807) is 0 Å².